The average molecular weight is 282 g/mol. The molecule has 1 heterocycles. The molecule has 0 spiro atoms. The van der Waals surface area contributed by atoms with E-state index in [1.54, 1.807) is 12.1 Å². The van der Waals surface area contributed by atoms with Crippen LogP contribution in [0.5, 0.6) is 5.75 Å². The zero-order valence-corrected chi connectivity index (χ0v) is 11.3. The lowest BCUT2D eigenvalue weighted by atomic mass is 10.2. The fourth-order valence-corrected chi connectivity index (χ4v) is 2.17. The number of aromatic nitrogens is 2. The molecular formula is C16H14N2O3. The number of nitrogens with zero attached hydrogens (tertiary/aromatic N) is 2. The van der Waals surface area contributed by atoms with Crippen molar-refractivity contribution < 1.29 is 14.6 Å². The predicted molar refractivity (Wildman–Crippen MR) is 78.6 cm³/mol. The van der Waals surface area contributed by atoms with Crippen LogP contribution in [-0.2, 0) is 6.54 Å². The largest absolute Gasteiger partial charge is 0.492 e. The van der Waals surface area contributed by atoms with Crippen molar-refractivity contribution in [2.75, 3.05) is 6.61 Å². The van der Waals surface area contributed by atoms with Crippen molar-refractivity contribution in [3.8, 4) is 5.75 Å². The molecule has 0 amide bonds. The molecule has 0 fully saturated rings. The van der Waals surface area contributed by atoms with Crippen LogP contribution in [0.15, 0.2) is 54.7 Å². The fourth-order valence-electron chi connectivity index (χ4n) is 2.17. The van der Waals surface area contributed by atoms with Crippen molar-refractivity contribution in [1.82, 2.24) is 9.78 Å². The second kappa shape index (κ2) is 5.66. The van der Waals surface area contributed by atoms with Gasteiger partial charge in [-0.2, -0.15) is 5.10 Å². The summed E-state index contributed by atoms with van der Waals surface area (Å²) in [5, 5.41) is 14.3. The summed E-state index contributed by atoms with van der Waals surface area (Å²) in [6.45, 7) is 1.03. The van der Waals surface area contributed by atoms with E-state index in [1.807, 2.05) is 35.1 Å². The highest BCUT2D eigenvalue weighted by Crippen LogP contribution is 2.15. The Labute approximate surface area is 121 Å². The van der Waals surface area contributed by atoms with E-state index in [0.29, 0.717) is 18.9 Å². The third-order valence-corrected chi connectivity index (χ3v) is 3.20. The summed E-state index contributed by atoms with van der Waals surface area (Å²) in [4.78, 5) is 10.9. The zero-order chi connectivity index (χ0) is 14.7. The monoisotopic (exact) mass is 282 g/mol. The van der Waals surface area contributed by atoms with Gasteiger partial charge in [0.25, 0.3) is 0 Å². The average Bonchev–Trinajstić information content (AvgIpc) is 2.91. The number of hydrogen-bond acceptors (Lipinski definition) is 3. The third kappa shape index (κ3) is 2.86. The first kappa shape index (κ1) is 13.2. The number of fused-ring (bicyclic) bond motifs is 1. The van der Waals surface area contributed by atoms with Crippen LogP contribution in [0.25, 0.3) is 10.9 Å². The van der Waals surface area contributed by atoms with E-state index in [9.17, 15) is 4.79 Å². The number of hydrogen-bond donors (Lipinski definition) is 1. The van der Waals surface area contributed by atoms with Crippen LogP contribution in [0.3, 0.4) is 0 Å². The van der Waals surface area contributed by atoms with E-state index in [4.69, 9.17) is 9.84 Å². The van der Waals surface area contributed by atoms with Crippen LogP contribution < -0.4 is 4.74 Å². The van der Waals surface area contributed by atoms with Crippen molar-refractivity contribution in [3.63, 3.8) is 0 Å². The van der Waals surface area contributed by atoms with Gasteiger partial charge in [-0.25, -0.2) is 4.79 Å². The Hall–Kier alpha value is -2.82. The van der Waals surface area contributed by atoms with Crippen LogP contribution in [0.1, 0.15) is 10.4 Å². The van der Waals surface area contributed by atoms with Crippen LogP contribution in [0.4, 0.5) is 0 Å². The topological polar surface area (TPSA) is 64.3 Å². The standard InChI is InChI=1S/C16H14N2O3/c19-16(20)12-5-3-6-14(10-12)21-9-8-18-15-7-2-1-4-13(15)11-17-18/h1-7,10-11H,8-9H2,(H,19,20). The molecule has 106 valence electrons. The molecule has 0 atom stereocenters. The van der Waals surface area contributed by atoms with Crippen LogP contribution >= 0.6 is 0 Å². The van der Waals surface area contributed by atoms with E-state index in [-0.39, 0.29) is 5.56 Å². The molecule has 21 heavy (non-hydrogen) atoms. The maximum Gasteiger partial charge on any atom is 0.335 e. The van der Waals surface area contributed by atoms with Gasteiger partial charge in [0.05, 0.1) is 23.8 Å². The molecule has 0 radical (unpaired) electrons. The molecule has 1 N–H and O–H groups in total. The minimum absolute atomic E-state index is 0.219. The Morgan fingerprint density at radius 3 is 2.90 bits per heavy atom. The second-order valence-electron chi connectivity index (χ2n) is 4.61. The van der Waals surface area contributed by atoms with E-state index in [2.05, 4.69) is 5.10 Å². The summed E-state index contributed by atoms with van der Waals surface area (Å²) in [6.07, 6.45) is 1.82. The van der Waals surface area contributed by atoms with Gasteiger partial charge in [-0.15, -0.1) is 0 Å². The van der Waals surface area contributed by atoms with Crippen molar-refractivity contribution in [3.05, 3.63) is 60.3 Å². The van der Waals surface area contributed by atoms with Gasteiger partial charge in [0.2, 0.25) is 0 Å². The number of carbonyl (C=O) groups is 1. The smallest absolute Gasteiger partial charge is 0.335 e. The lowest BCUT2D eigenvalue weighted by Crippen LogP contribution is -2.09. The maximum atomic E-state index is 10.9. The van der Waals surface area contributed by atoms with Gasteiger partial charge in [-0.05, 0) is 24.3 Å². The van der Waals surface area contributed by atoms with Crippen molar-refractivity contribution in [2.45, 2.75) is 6.54 Å². The van der Waals surface area contributed by atoms with E-state index in [0.717, 1.165) is 10.9 Å². The fraction of sp³-hybridized carbons (Fsp3) is 0.125. The van der Waals surface area contributed by atoms with Crippen molar-refractivity contribution in [2.24, 2.45) is 0 Å². The lowest BCUT2D eigenvalue weighted by Gasteiger charge is -2.07. The van der Waals surface area contributed by atoms with Crippen LogP contribution in [-0.4, -0.2) is 27.5 Å². The second-order valence-corrected chi connectivity index (χ2v) is 4.61. The first-order chi connectivity index (χ1) is 10.2. The van der Waals surface area contributed by atoms with Gasteiger partial charge in [-0.3, -0.25) is 4.68 Å². The molecule has 3 rings (SSSR count). The molecule has 5 nitrogen and oxygen atoms in total. The van der Waals surface area contributed by atoms with E-state index >= 15 is 0 Å². The van der Waals surface area contributed by atoms with Gasteiger partial charge in [0, 0.05) is 5.39 Å². The number of rotatable bonds is 5. The quantitative estimate of drug-likeness (QED) is 0.781. The molecule has 0 unspecified atom stereocenters. The summed E-state index contributed by atoms with van der Waals surface area (Å²) in [6, 6.07) is 14.4. The van der Waals surface area contributed by atoms with Gasteiger partial charge in [0.15, 0.2) is 0 Å². The van der Waals surface area contributed by atoms with Crippen molar-refractivity contribution >= 4 is 16.9 Å². The van der Waals surface area contributed by atoms with Crippen LogP contribution in [0.2, 0.25) is 0 Å². The highest BCUT2D eigenvalue weighted by molar-refractivity contribution is 5.88. The summed E-state index contributed by atoms with van der Waals surface area (Å²) in [5.41, 5.74) is 1.28. The minimum Gasteiger partial charge on any atom is -0.492 e. The zero-order valence-electron chi connectivity index (χ0n) is 11.3. The number of ether oxygens (including phenoxy) is 1. The molecule has 0 aliphatic carbocycles. The van der Waals surface area contributed by atoms with Gasteiger partial charge >= 0.3 is 5.97 Å². The molecule has 5 heteroatoms. The highest BCUT2D eigenvalue weighted by atomic mass is 16.5. The SMILES string of the molecule is O=C(O)c1cccc(OCCn2ncc3ccccc32)c1. The van der Waals surface area contributed by atoms with E-state index < -0.39 is 5.97 Å². The molecule has 0 saturated heterocycles. The number of carboxylic acids is 1. The Bertz CT molecular complexity index is 780. The molecule has 0 aliphatic rings. The van der Waals surface area contributed by atoms with Crippen molar-refractivity contribution in [1.29, 1.82) is 0 Å². The number of benzene rings is 2. The number of para-hydroxylation sites is 1. The molecule has 0 aliphatic heterocycles. The third-order valence-electron chi connectivity index (χ3n) is 3.20. The van der Waals surface area contributed by atoms with Gasteiger partial charge in [-0.1, -0.05) is 24.3 Å². The Morgan fingerprint density at radius 1 is 1.19 bits per heavy atom. The Morgan fingerprint density at radius 2 is 2.05 bits per heavy atom. The summed E-state index contributed by atoms with van der Waals surface area (Å²) in [5.74, 6) is -0.412. The molecular weight excluding hydrogens is 268 g/mol. The molecule has 2 aromatic carbocycles. The Kier molecular flexibility index (Phi) is 3.55. The minimum atomic E-state index is -0.960. The first-order valence-corrected chi connectivity index (χ1v) is 6.61. The lowest BCUT2D eigenvalue weighted by molar-refractivity contribution is 0.0696. The molecule has 1 aromatic heterocycles. The molecule has 3 aromatic rings. The maximum absolute atomic E-state index is 10.9. The predicted octanol–water partition coefficient (Wildman–Crippen LogP) is 2.81. The van der Waals surface area contributed by atoms with Gasteiger partial charge < -0.3 is 9.84 Å². The van der Waals surface area contributed by atoms with E-state index in [1.165, 1.54) is 12.1 Å². The highest BCUT2D eigenvalue weighted by Gasteiger charge is 2.05. The van der Waals surface area contributed by atoms with Crippen LogP contribution in [0, 0.1) is 0 Å². The summed E-state index contributed by atoms with van der Waals surface area (Å²) in [7, 11) is 0. The first-order valence-electron chi connectivity index (χ1n) is 6.61. The number of carboxylic acid groups (broad SMARTS) is 1. The number of aromatic carboxylic acids is 1. The molecule has 0 bridgehead atoms. The Balaban J connectivity index is 1.66. The summed E-state index contributed by atoms with van der Waals surface area (Å²) >= 11 is 0. The van der Waals surface area contributed by atoms with Gasteiger partial charge in [0.1, 0.15) is 12.4 Å². The summed E-state index contributed by atoms with van der Waals surface area (Å²) < 4.78 is 7.47. The normalized spacial score (nSPS) is 10.7. The molecule has 0 saturated carbocycles.